The molecule has 1 amide bonds. The lowest BCUT2D eigenvalue weighted by molar-refractivity contribution is -0.137. The van der Waals surface area contributed by atoms with Crippen LogP contribution in [0, 0.1) is 12.3 Å². The van der Waals surface area contributed by atoms with E-state index in [2.05, 4.69) is 17.8 Å². The normalized spacial score (nSPS) is 11.4. The lowest BCUT2D eigenvalue weighted by atomic mass is 10.2. The lowest BCUT2D eigenvalue weighted by Gasteiger charge is -2.24. The molecule has 0 spiro atoms. The average molecular weight is 457 g/mol. The van der Waals surface area contributed by atoms with Gasteiger partial charge in [-0.2, -0.15) is 13.2 Å². The minimum atomic E-state index is -4.66. The molecular formula is C20H16ClF3N2O3S. The summed E-state index contributed by atoms with van der Waals surface area (Å²) < 4.78 is 66.4. The molecule has 1 N–H and O–H groups in total. The van der Waals surface area contributed by atoms with Gasteiger partial charge in [0.1, 0.15) is 4.90 Å². The van der Waals surface area contributed by atoms with Crippen molar-refractivity contribution in [1.82, 2.24) is 5.32 Å². The Morgan fingerprint density at radius 2 is 1.97 bits per heavy atom. The van der Waals surface area contributed by atoms with Gasteiger partial charge in [-0.3, -0.25) is 9.10 Å². The number of nitrogens with one attached hydrogen (secondary N) is 1. The second-order valence-electron chi connectivity index (χ2n) is 5.90. The summed E-state index contributed by atoms with van der Waals surface area (Å²) in [7, 11) is -4.44. The van der Waals surface area contributed by atoms with Crippen molar-refractivity contribution in [2.24, 2.45) is 0 Å². The van der Waals surface area contributed by atoms with Crippen LogP contribution in [0.4, 0.5) is 18.9 Å². The summed E-state index contributed by atoms with van der Waals surface area (Å²) in [6.45, 7) is 3.06. The highest BCUT2D eigenvalue weighted by molar-refractivity contribution is 7.93. The van der Waals surface area contributed by atoms with Crippen molar-refractivity contribution < 1.29 is 26.4 Å². The van der Waals surface area contributed by atoms with E-state index in [0.717, 1.165) is 22.5 Å². The number of alkyl halides is 3. The van der Waals surface area contributed by atoms with Crippen molar-refractivity contribution >= 4 is 33.2 Å². The zero-order chi connectivity index (χ0) is 22.5. The van der Waals surface area contributed by atoms with Crippen LogP contribution in [-0.4, -0.2) is 27.4 Å². The van der Waals surface area contributed by atoms with Gasteiger partial charge in [-0.25, -0.2) is 8.42 Å². The van der Waals surface area contributed by atoms with E-state index in [4.69, 9.17) is 18.0 Å². The first-order chi connectivity index (χ1) is 14.0. The molecule has 2 aromatic carbocycles. The van der Waals surface area contributed by atoms with Crippen LogP contribution in [0.2, 0.25) is 5.02 Å². The highest BCUT2D eigenvalue weighted by Crippen LogP contribution is 2.34. The fourth-order valence-electron chi connectivity index (χ4n) is 2.49. The zero-order valence-corrected chi connectivity index (χ0v) is 17.0. The molecule has 2 aromatic rings. The monoisotopic (exact) mass is 456 g/mol. The van der Waals surface area contributed by atoms with E-state index in [-0.39, 0.29) is 29.4 Å². The maximum Gasteiger partial charge on any atom is 0.416 e. The van der Waals surface area contributed by atoms with Crippen molar-refractivity contribution in [3.63, 3.8) is 0 Å². The predicted molar refractivity (Wildman–Crippen MR) is 109 cm³/mol. The molecule has 10 heteroatoms. The summed E-state index contributed by atoms with van der Waals surface area (Å²) in [5.41, 5.74) is -1.28. The number of anilines is 1. The quantitative estimate of drug-likeness (QED) is 0.504. The first-order valence-electron chi connectivity index (χ1n) is 8.34. The van der Waals surface area contributed by atoms with Gasteiger partial charge in [-0.15, -0.1) is 13.0 Å². The van der Waals surface area contributed by atoms with Crippen LogP contribution in [0.15, 0.2) is 60.0 Å². The van der Waals surface area contributed by atoms with Gasteiger partial charge in [0.15, 0.2) is 0 Å². The molecule has 0 fully saturated rings. The highest BCUT2D eigenvalue weighted by atomic mass is 35.5. The summed E-state index contributed by atoms with van der Waals surface area (Å²) in [6.07, 6.45) is 1.64. The number of hydrogen-bond acceptors (Lipinski definition) is 3. The van der Waals surface area contributed by atoms with Gasteiger partial charge in [0.25, 0.3) is 15.9 Å². The number of hydrogen-bond donors (Lipinski definition) is 1. The second-order valence-corrected chi connectivity index (χ2v) is 8.14. The van der Waals surface area contributed by atoms with E-state index in [1.807, 2.05) is 0 Å². The van der Waals surface area contributed by atoms with E-state index >= 15 is 0 Å². The van der Waals surface area contributed by atoms with Crippen molar-refractivity contribution in [2.75, 3.05) is 17.4 Å². The molecular weight excluding hydrogens is 441 g/mol. The van der Waals surface area contributed by atoms with Crippen molar-refractivity contribution in [1.29, 1.82) is 0 Å². The molecule has 5 nitrogen and oxygen atoms in total. The van der Waals surface area contributed by atoms with Gasteiger partial charge in [0.05, 0.1) is 29.4 Å². The molecule has 0 atom stereocenters. The van der Waals surface area contributed by atoms with Gasteiger partial charge < -0.3 is 5.32 Å². The fourth-order valence-corrected chi connectivity index (χ4v) is 4.42. The zero-order valence-electron chi connectivity index (χ0n) is 15.4. The van der Waals surface area contributed by atoms with E-state index in [1.54, 1.807) is 0 Å². The molecule has 30 heavy (non-hydrogen) atoms. The molecule has 0 aliphatic heterocycles. The summed E-state index contributed by atoms with van der Waals surface area (Å²) >= 11 is 6.05. The van der Waals surface area contributed by atoms with E-state index in [1.165, 1.54) is 24.3 Å². The molecule has 0 heterocycles. The van der Waals surface area contributed by atoms with Crippen LogP contribution in [0.1, 0.15) is 15.9 Å². The Kier molecular flexibility index (Phi) is 7.18. The number of sulfonamides is 1. The summed E-state index contributed by atoms with van der Waals surface area (Å²) in [6, 6.07) is 7.38. The van der Waals surface area contributed by atoms with Gasteiger partial charge >= 0.3 is 6.18 Å². The number of carbonyl (C=O) groups excluding carboxylic acids is 1. The van der Waals surface area contributed by atoms with Gasteiger partial charge in [-0.1, -0.05) is 29.7 Å². The highest BCUT2D eigenvalue weighted by Gasteiger charge is 2.33. The smallest absolute Gasteiger partial charge is 0.341 e. The Morgan fingerprint density at radius 3 is 2.57 bits per heavy atom. The largest absolute Gasteiger partial charge is 0.416 e. The third-order valence-electron chi connectivity index (χ3n) is 3.87. The Bertz CT molecular complexity index is 1110. The first-order valence-corrected chi connectivity index (χ1v) is 10.2. The molecule has 0 saturated heterocycles. The molecule has 0 aromatic heterocycles. The molecule has 158 valence electrons. The van der Waals surface area contributed by atoms with E-state index in [9.17, 15) is 26.4 Å². The summed E-state index contributed by atoms with van der Waals surface area (Å²) in [4.78, 5) is 11.7. The molecule has 0 unspecified atom stereocenters. The number of rotatable bonds is 7. The van der Waals surface area contributed by atoms with Gasteiger partial charge in [0, 0.05) is 5.56 Å². The van der Waals surface area contributed by atoms with Gasteiger partial charge in [-0.05, 0) is 36.4 Å². The average Bonchev–Trinajstić information content (AvgIpc) is 2.69. The van der Waals surface area contributed by atoms with Crippen LogP contribution < -0.4 is 9.62 Å². The van der Waals surface area contributed by atoms with Gasteiger partial charge in [0.2, 0.25) is 0 Å². The molecule has 0 bridgehead atoms. The number of nitrogens with zero attached hydrogens (tertiary/aromatic N) is 1. The Hall–Kier alpha value is -2.96. The van der Waals surface area contributed by atoms with Crippen LogP contribution in [0.5, 0.6) is 0 Å². The number of benzene rings is 2. The maximum absolute atomic E-state index is 13.2. The predicted octanol–water partition coefficient (Wildman–Crippen LogP) is 4.10. The molecule has 0 aliphatic rings. The van der Waals surface area contributed by atoms with Crippen molar-refractivity contribution in [3.8, 4) is 12.3 Å². The molecule has 0 aliphatic carbocycles. The number of terminal acetylenes is 1. The number of halogens is 4. The van der Waals surface area contributed by atoms with E-state index < -0.39 is 32.6 Å². The standard InChI is InChI=1S/C20H16ClF3N2O3S/c1-3-10-25-19(27)14-8-9-17(21)18(12-14)30(28,29)26(11-4-2)16-7-5-6-15(13-16)20(22,23)24/h1,4-9,12-13H,2,10-11H2,(H,25,27). The first kappa shape index (κ1) is 23.3. The van der Waals surface area contributed by atoms with Crippen LogP contribution in [0.25, 0.3) is 0 Å². The lowest BCUT2D eigenvalue weighted by Crippen LogP contribution is -2.32. The molecule has 0 saturated carbocycles. The fraction of sp³-hybridized carbons (Fsp3) is 0.150. The van der Waals surface area contributed by atoms with Crippen LogP contribution in [-0.2, 0) is 16.2 Å². The minimum Gasteiger partial charge on any atom is -0.341 e. The number of carbonyl (C=O) groups is 1. The third kappa shape index (κ3) is 5.14. The topological polar surface area (TPSA) is 66.5 Å². The second kappa shape index (κ2) is 9.24. The molecule has 0 radical (unpaired) electrons. The van der Waals surface area contributed by atoms with E-state index in [0.29, 0.717) is 6.07 Å². The minimum absolute atomic E-state index is 0.0316. The Morgan fingerprint density at radius 1 is 1.27 bits per heavy atom. The molecule has 2 rings (SSSR count). The number of amides is 1. The van der Waals surface area contributed by atoms with Crippen LogP contribution >= 0.6 is 11.6 Å². The Labute approximate surface area is 177 Å². The third-order valence-corrected chi connectivity index (χ3v) is 6.14. The Balaban J connectivity index is 2.58. The summed E-state index contributed by atoms with van der Waals surface area (Å²) in [5, 5.41) is 2.19. The summed E-state index contributed by atoms with van der Waals surface area (Å²) in [5.74, 6) is 1.58. The van der Waals surface area contributed by atoms with Crippen molar-refractivity contribution in [2.45, 2.75) is 11.1 Å². The van der Waals surface area contributed by atoms with Crippen LogP contribution in [0.3, 0.4) is 0 Å². The van der Waals surface area contributed by atoms with Crippen molar-refractivity contribution in [3.05, 3.63) is 71.3 Å². The SMILES string of the molecule is C#CCNC(=O)c1ccc(Cl)c(S(=O)(=O)N(CC=C)c2cccc(C(F)(F)F)c2)c1. The maximum atomic E-state index is 13.2.